The maximum atomic E-state index is 10.8. The number of nitrogens with one attached hydrogen (secondary N) is 1. The van der Waals surface area contributed by atoms with Crippen LogP contribution < -0.4 is 5.32 Å². The number of nitrogens with zero attached hydrogens (tertiary/aromatic N) is 3. The summed E-state index contributed by atoms with van der Waals surface area (Å²) in [7, 11) is 0. The summed E-state index contributed by atoms with van der Waals surface area (Å²) in [6.07, 6.45) is 4.59. The minimum absolute atomic E-state index is 0.0235. The second-order valence-electron chi connectivity index (χ2n) is 3.39. The molecule has 1 heterocycles. The maximum Gasteiger partial charge on any atom is 0.267 e. The molecule has 0 spiro atoms. The first-order valence-electron chi connectivity index (χ1n) is 4.62. The Balaban J connectivity index is 1.96. The smallest absolute Gasteiger partial charge is 0.267 e. The summed E-state index contributed by atoms with van der Waals surface area (Å²) in [6.45, 7) is 0.840. The molecule has 0 bridgehead atoms. The van der Waals surface area contributed by atoms with Crippen LogP contribution in [0, 0.1) is 0 Å². The summed E-state index contributed by atoms with van der Waals surface area (Å²) in [5.41, 5.74) is 1.17. The highest BCUT2D eigenvalue weighted by atomic mass is 16.2. The Morgan fingerprint density at radius 3 is 2.77 bits per heavy atom. The largest absolute Gasteiger partial charge is 0.315 e. The Morgan fingerprint density at radius 2 is 2.15 bits per heavy atom. The van der Waals surface area contributed by atoms with Gasteiger partial charge in [-0.05, 0) is 12.8 Å². The molecule has 70 valence electrons. The lowest BCUT2D eigenvalue weighted by molar-refractivity contribution is -0.143. The second-order valence-corrected chi connectivity index (χ2v) is 3.39. The van der Waals surface area contributed by atoms with Crippen molar-refractivity contribution in [2.24, 2.45) is 5.22 Å². The molecule has 1 aliphatic carbocycles. The third-order valence-electron chi connectivity index (χ3n) is 2.28. The van der Waals surface area contributed by atoms with Gasteiger partial charge in [0.15, 0.2) is 18.4 Å². The van der Waals surface area contributed by atoms with Gasteiger partial charge in [0.25, 0.3) is 5.91 Å². The molecule has 0 unspecified atom stereocenters. The van der Waals surface area contributed by atoms with E-state index in [1.54, 1.807) is 5.01 Å². The first-order chi connectivity index (χ1) is 6.34. The molecule has 2 rings (SSSR count). The van der Waals surface area contributed by atoms with Crippen LogP contribution in [0.15, 0.2) is 5.22 Å². The molecule has 2 fully saturated rings. The van der Waals surface area contributed by atoms with E-state index in [0.717, 1.165) is 12.8 Å². The summed E-state index contributed by atoms with van der Waals surface area (Å²) >= 11 is 0. The van der Waals surface area contributed by atoms with Gasteiger partial charge in [-0.1, -0.05) is 4.79 Å². The SMILES string of the molecule is O=C1CN(N=[N+]=C2CCCC2)CN1. The zero-order chi connectivity index (χ0) is 9.10. The lowest BCUT2D eigenvalue weighted by Crippen LogP contribution is -2.16. The van der Waals surface area contributed by atoms with Crippen LogP contribution in [0.5, 0.6) is 0 Å². The molecule has 0 aromatic rings. The van der Waals surface area contributed by atoms with E-state index in [1.807, 2.05) is 0 Å². The highest BCUT2D eigenvalue weighted by Gasteiger charge is 2.24. The summed E-state index contributed by atoms with van der Waals surface area (Å²) in [5.74, 6) is 0.0235. The first-order valence-corrected chi connectivity index (χ1v) is 4.62. The Kier molecular flexibility index (Phi) is 2.27. The highest BCUT2D eigenvalue weighted by molar-refractivity contribution is 5.80. The molecule has 5 nitrogen and oxygen atoms in total. The van der Waals surface area contributed by atoms with Crippen molar-refractivity contribution >= 4 is 11.6 Å². The van der Waals surface area contributed by atoms with Gasteiger partial charge in [-0.15, -0.1) is 5.01 Å². The van der Waals surface area contributed by atoms with Gasteiger partial charge in [-0.2, -0.15) is 0 Å². The number of amides is 1. The second kappa shape index (κ2) is 3.58. The summed E-state index contributed by atoms with van der Waals surface area (Å²) in [5, 5.41) is 8.31. The van der Waals surface area contributed by atoms with E-state index in [1.165, 1.54) is 18.6 Å². The van der Waals surface area contributed by atoms with Crippen molar-refractivity contribution in [2.75, 3.05) is 13.2 Å². The van der Waals surface area contributed by atoms with Crippen molar-refractivity contribution in [2.45, 2.75) is 25.7 Å². The number of rotatable bonds is 1. The number of carbonyl (C=O) groups excluding carboxylic acids is 1. The lowest BCUT2D eigenvalue weighted by Gasteiger charge is -1.90. The van der Waals surface area contributed by atoms with E-state index in [2.05, 4.69) is 15.3 Å². The van der Waals surface area contributed by atoms with Gasteiger partial charge in [-0.25, -0.2) is 0 Å². The van der Waals surface area contributed by atoms with Crippen LogP contribution in [0.1, 0.15) is 25.7 Å². The quantitative estimate of drug-likeness (QED) is 0.456. The normalized spacial score (nSPS) is 21.7. The summed E-state index contributed by atoms with van der Waals surface area (Å²) < 4.78 is 0. The summed E-state index contributed by atoms with van der Waals surface area (Å²) in [6, 6.07) is 0. The van der Waals surface area contributed by atoms with E-state index in [-0.39, 0.29) is 5.91 Å². The minimum atomic E-state index is 0.0235. The van der Waals surface area contributed by atoms with Crippen LogP contribution in [-0.4, -0.2) is 34.6 Å². The van der Waals surface area contributed by atoms with Gasteiger partial charge in [0.1, 0.15) is 0 Å². The molecule has 1 amide bonds. The number of hydrogen-bond donors (Lipinski definition) is 1. The highest BCUT2D eigenvalue weighted by Crippen LogP contribution is 2.12. The van der Waals surface area contributed by atoms with Crippen LogP contribution in [0.3, 0.4) is 0 Å². The zero-order valence-corrected chi connectivity index (χ0v) is 7.49. The topological polar surface area (TPSA) is 58.8 Å². The van der Waals surface area contributed by atoms with Gasteiger partial charge in [0, 0.05) is 12.8 Å². The van der Waals surface area contributed by atoms with Gasteiger partial charge >= 0.3 is 0 Å². The maximum absolute atomic E-state index is 10.8. The molecular formula is C8H13N4O+. The van der Waals surface area contributed by atoms with Crippen LogP contribution in [-0.2, 0) is 4.79 Å². The van der Waals surface area contributed by atoms with Gasteiger partial charge in [0.2, 0.25) is 5.71 Å². The number of carbonyl (C=O) groups is 1. The molecule has 0 atom stereocenters. The van der Waals surface area contributed by atoms with Gasteiger partial charge < -0.3 is 5.32 Å². The zero-order valence-electron chi connectivity index (χ0n) is 7.49. The van der Waals surface area contributed by atoms with Crippen molar-refractivity contribution in [3.05, 3.63) is 0 Å². The average molecular weight is 181 g/mol. The molecule has 0 aromatic carbocycles. The van der Waals surface area contributed by atoms with E-state index in [4.69, 9.17) is 0 Å². The molecule has 1 saturated carbocycles. The molecule has 1 saturated heterocycles. The predicted octanol–water partition coefficient (Wildman–Crippen LogP) is -0.0339. The van der Waals surface area contributed by atoms with Gasteiger partial charge in [0.05, 0.1) is 0 Å². The molecular weight excluding hydrogens is 168 g/mol. The fraction of sp³-hybridized carbons (Fsp3) is 0.750. The molecule has 1 aliphatic heterocycles. The molecule has 13 heavy (non-hydrogen) atoms. The van der Waals surface area contributed by atoms with Crippen LogP contribution >= 0.6 is 0 Å². The van der Waals surface area contributed by atoms with Crippen molar-refractivity contribution in [3.63, 3.8) is 0 Å². The van der Waals surface area contributed by atoms with Crippen LogP contribution in [0.25, 0.3) is 0 Å². The fourth-order valence-electron chi connectivity index (χ4n) is 1.53. The van der Waals surface area contributed by atoms with E-state index in [9.17, 15) is 4.79 Å². The Hall–Kier alpha value is -1.35. The van der Waals surface area contributed by atoms with Crippen molar-refractivity contribution in [1.29, 1.82) is 0 Å². The van der Waals surface area contributed by atoms with Crippen molar-refractivity contribution in [1.82, 2.24) is 10.3 Å². The van der Waals surface area contributed by atoms with Crippen molar-refractivity contribution < 1.29 is 9.58 Å². The number of hydrogen-bond acceptors (Lipinski definition) is 2. The predicted molar refractivity (Wildman–Crippen MR) is 45.9 cm³/mol. The van der Waals surface area contributed by atoms with E-state index >= 15 is 0 Å². The molecule has 5 heteroatoms. The Morgan fingerprint density at radius 1 is 1.38 bits per heavy atom. The van der Waals surface area contributed by atoms with E-state index in [0.29, 0.717) is 13.2 Å². The fourth-order valence-corrected chi connectivity index (χ4v) is 1.53. The monoisotopic (exact) mass is 181 g/mol. The third kappa shape index (κ3) is 2.06. The Labute approximate surface area is 76.5 Å². The Bertz CT molecular complexity index is 272. The molecule has 0 aromatic heterocycles. The van der Waals surface area contributed by atoms with Crippen molar-refractivity contribution in [3.8, 4) is 0 Å². The minimum Gasteiger partial charge on any atom is -0.315 e. The third-order valence-corrected chi connectivity index (χ3v) is 2.28. The average Bonchev–Trinajstić information content (AvgIpc) is 2.71. The molecule has 1 N–H and O–H groups in total. The molecule has 0 radical (unpaired) electrons. The van der Waals surface area contributed by atoms with Gasteiger partial charge in [-0.3, -0.25) is 4.79 Å². The lowest BCUT2D eigenvalue weighted by atomic mass is 10.3. The summed E-state index contributed by atoms with van der Waals surface area (Å²) in [4.78, 5) is 14.9. The van der Waals surface area contributed by atoms with Crippen LogP contribution in [0.2, 0.25) is 0 Å². The van der Waals surface area contributed by atoms with E-state index < -0.39 is 0 Å². The van der Waals surface area contributed by atoms with Crippen LogP contribution in [0.4, 0.5) is 0 Å². The molecule has 2 aliphatic rings. The first kappa shape index (κ1) is 8.26. The standard InChI is InChI=1S/C8H12N4O/c13-8-5-12(6-9-8)11-10-7-3-1-2-4-7/h1-6H2/p+1.